The van der Waals surface area contributed by atoms with Gasteiger partial charge in [0.05, 0.1) is 31.1 Å². The molecular weight excluding hydrogens is 515 g/mol. The highest BCUT2D eigenvalue weighted by Gasteiger charge is 2.63. The average Bonchev–Trinajstić information content (AvgIpc) is 3.22. The molecule has 0 amide bonds. The Bertz CT molecular complexity index is 1480. The molecule has 0 radical (unpaired) electrons. The minimum absolute atomic E-state index is 0.182. The summed E-state index contributed by atoms with van der Waals surface area (Å²) in [5.41, 5.74) is 3.64. The summed E-state index contributed by atoms with van der Waals surface area (Å²) < 4.78 is 21.9. The highest BCUT2D eigenvalue weighted by Crippen LogP contribution is 2.50. The molecule has 3 atom stereocenters. The number of hydrogen-bond donors (Lipinski definition) is 0. The molecule has 0 saturated heterocycles. The Morgan fingerprint density at radius 1 is 1.02 bits per heavy atom. The average molecular weight is 557 g/mol. The molecule has 0 bridgehead atoms. The molecule has 0 spiro atoms. The van der Waals surface area contributed by atoms with Crippen LogP contribution in [0.25, 0.3) is 0 Å². The highest BCUT2D eigenvalue weighted by molar-refractivity contribution is 5.32. The van der Waals surface area contributed by atoms with Crippen molar-refractivity contribution in [1.82, 2.24) is 9.80 Å². The topological polar surface area (TPSA) is 35.8 Å². The quantitative estimate of drug-likeness (QED) is 0.225. The molecule has 2 aliphatic rings. The van der Waals surface area contributed by atoms with E-state index in [-0.39, 0.29) is 17.3 Å². The zero-order valence-corrected chi connectivity index (χ0v) is 24.9. The number of fused-ring (bicyclic) bond motifs is 1. The van der Waals surface area contributed by atoms with Gasteiger partial charge in [-0.15, -0.1) is 0 Å². The van der Waals surface area contributed by atoms with Crippen LogP contribution in [0.5, 0.6) is 5.75 Å². The van der Waals surface area contributed by atoms with Crippen molar-refractivity contribution in [3.63, 3.8) is 0 Å². The van der Waals surface area contributed by atoms with Crippen molar-refractivity contribution < 1.29 is 18.4 Å². The first-order valence-electron chi connectivity index (χ1n) is 14.2. The molecule has 2 heterocycles. The Morgan fingerprint density at radius 3 is 2.41 bits per heavy atom. The maximum absolute atomic E-state index is 15.0. The number of likely N-dealkylation sites (N-methyl/N-ethyl adjacent to an activating group) is 1. The Labute approximate surface area is 243 Å². The van der Waals surface area contributed by atoms with Crippen LogP contribution in [0.3, 0.4) is 0 Å². The van der Waals surface area contributed by atoms with E-state index in [1.807, 2.05) is 42.5 Å². The third-order valence-corrected chi connectivity index (χ3v) is 8.32. The van der Waals surface area contributed by atoms with E-state index >= 15 is 4.39 Å². The monoisotopic (exact) mass is 556 g/mol. The van der Waals surface area contributed by atoms with E-state index in [1.165, 1.54) is 11.6 Å². The minimum Gasteiger partial charge on any atom is -0.497 e. The van der Waals surface area contributed by atoms with Crippen molar-refractivity contribution in [3.05, 3.63) is 130 Å². The van der Waals surface area contributed by atoms with Gasteiger partial charge in [0.25, 0.3) is 5.82 Å². The fraction of sp³-hybridized carbons (Fsp3) is 0.353. The maximum atomic E-state index is 15.0. The van der Waals surface area contributed by atoms with Gasteiger partial charge in [-0.25, -0.2) is 8.87 Å². The zero-order valence-electron chi connectivity index (χ0n) is 24.9. The Kier molecular flexibility index (Phi) is 7.86. The number of allylic oxidation sites excluding steroid dienone is 1. The van der Waals surface area contributed by atoms with E-state index in [2.05, 4.69) is 75.0 Å². The third kappa shape index (κ3) is 5.56. The summed E-state index contributed by atoms with van der Waals surface area (Å²) in [7, 11) is 5.85. The molecule has 214 valence electrons. The summed E-state index contributed by atoms with van der Waals surface area (Å²) in [6.45, 7) is 7.96. The van der Waals surface area contributed by atoms with Gasteiger partial charge in [0, 0.05) is 29.0 Å². The Hall–Kier alpha value is -3.81. The van der Waals surface area contributed by atoms with E-state index < -0.39 is 6.17 Å². The van der Waals surface area contributed by atoms with Crippen LogP contribution in [-0.4, -0.2) is 53.0 Å². The molecule has 5 rings (SSSR count). The molecule has 3 aromatic rings. The van der Waals surface area contributed by atoms with E-state index in [4.69, 9.17) is 4.74 Å². The van der Waals surface area contributed by atoms with Crippen molar-refractivity contribution in [3.8, 4) is 5.75 Å². The van der Waals surface area contributed by atoms with Gasteiger partial charge < -0.3 is 4.74 Å². The van der Waals surface area contributed by atoms with E-state index in [1.54, 1.807) is 19.4 Å². The lowest BCUT2D eigenvalue weighted by atomic mass is 9.86. The number of nitroso groups, excluding NO2 is 1. The molecule has 7 heteroatoms. The van der Waals surface area contributed by atoms with Crippen LogP contribution < -0.4 is 4.74 Å². The number of methoxy groups -OCH3 is 1. The lowest BCUT2D eigenvalue weighted by Crippen LogP contribution is -2.60. The van der Waals surface area contributed by atoms with Crippen LogP contribution in [-0.2, 0) is 13.0 Å². The van der Waals surface area contributed by atoms with Gasteiger partial charge in [-0.2, -0.15) is 0 Å². The molecule has 0 aliphatic carbocycles. The molecule has 0 saturated carbocycles. The first-order valence-corrected chi connectivity index (χ1v) is 14.2. The van der Waals surface area contributed by atoms with Gasteiger partial charge in [-0.05, 0) is 48.5 Å². The van der Waals surface area contributed by atoms with Gasteiger partial charge in [0.1, 0.15) is 17.6 Å². The van der Waals surface area contributed by atoms with Crippen molar-refractivity contribution in [2.45, 2.75) is 45.9 Å². The highest BCUT2D eigenvalue weighted by atomic mass is 19.1. The fourth-order valence-electron chi connectivity index (χ4n) is 6.29. The number of quaternary nitrogens is 1. The summed E-state index contributed by atoms with van der Waals surface area (Å²) in [5, 5.41) is 0. The van der Waals surface area contributed by atoms with Crippen molar-refractivity contribution >= 4 is 0 Å². The maximum Gasteiger partial charge on any atom is 0.365 e. The largest absolute Gasteiger partial charge is 0.497 e. The van der Waals surface area contributed by atoms with Crippen LogP contribution in [0.15, 0.2) is 103 Å². The second-order valence-corrected chi connectivity index (χ2v) is 12.4. The summed E-state index contributed by atoms with van der Waals surface area (Å²) in [6.07, 6.45) is 3.93. The van der Waals surface area contributed by atoms with Crippen LogP contribution in [0, 0.1) is 16.1 Å². The predicted molar refractivity (Wildman–Crippen MR) is 160 cm³/mol. The molecule has 41 heavy (non-hydrogen) atoms. The van der Waals surface area contributed by atoms with Crippen molar-refractivity contribution in [1.29, 1.82) is 0 Å². The summed E-state index contributed by atoms with van der Waals surface area (Å²) >= 11 is 0. The Balaban J connectivity index is 1.63. The molecule has 3 unspecified atom stereocenters. The van der Waals surface area contributed by atoms with Gasteiger partial charge in [0.2, 0.25) is 0 Å². The van der Waals surface area contributed by atoms with E-state index in [0.717, 1.165) is 28.4 Å². The summed E-state index contributed by atoms with van der Waals surface area (Å²) in [4.78, 5) is 18.5. The summed E-state index contributed by atoms with van der Waals surface area (Å²) in [5.74, 6) is 1.38. The molecular formula is C34H41FN4O2+2. The Morgan fingerprint density at radius 2 is 1.73 bits per heavy atom. The summed E-state index contributed by atoms with van der Waals surface area (Å²) in [6, 6.07) is 24.9. The zero-order chi connectivity index (χ0) is 29.4. The van der Waals surface area contributed by atoms with Gasteiger partial charge >= 0.3 is 12.4 Å². The van der Waals surface area contributed by atoms with Gasteiger partial charge in [-0.1, -0.05) is 75.4 Å². The lowest BCUT2D eigenvalue weighted by molar-refractivity contribution is -0.988. The van der Waals surface area contributed by atoms with Crippen LogP contribution in [0.4, 0.5) is 4.39 Å². The van der Waals surface area contributed by atoms with Gasteiger partial charge in [-0.3, -0.25) is 9.80 Å². The number of rotatable bonds is 8. The van der Waals surface area contributed by atoms with Crippen molar-refractivity contribution in [2.75, 3.05) is 27.9 Å². The number of ether oxygens (including phenoxy) is 1. The normalized spacial score (nSPS) is 22.4. The van der Waals surface area contributed by atoms with Crippen LogP contribution in [0.1, 0.15) is 43.6 Å². The molecule has 0 fully saturated rings. The number of halogens is 1. The SMILES string of the molecule is COc1cccc(C2[N+](=O)C=C3N(CN(C)Cc4ccccc4)C(C(C)(C)C)=CC(Cc4ccccc4F)[N+]32C)c1. The molecule has 0 aromatic heterocycles. The smallest absolute Gasteiger partial charge is 0.365 e. The first-order chi connectivity index (χ1) is 19.5. The van der Waals surface area contributed by atoms with Gasteiger partial charge in [0.15, 0.2) is 0 Å². The standard InChI is InChI=1S/C34H41FN4O2/c1-34(2,3)31-21-28(19-26-15-10-11-18-30(26)35)39(5)32(37(31)24-36(4)22-25-13-8-7-9-14-25)23-38(40)33(39)27-16-12-17-29(20-27)41-6/h7-18,20-21,23,28,33H,19,22,24H2,1-6H3/q+2. The lowest BCUT2D eigenvalue weighted by Gasteiger charge is -2.48. The number of hydrogen-bond acceptors (Lipinski definition) is 4. The number of nitrogens with zero attached hydrogens (tertiary/aromatic N) is 4. The number of benzene rings is 3. The minimum atomic E-state index is -0.559. The first kappa shape index (κ1) is 28.7. The molecule has 3 aromatic carbocycles. The molecule has 0 N–H and O–H groups in total. The van der Waals surface area contributed by atoms with Crippen molar-refractivity contribution in [2.24, 2.45) is 5.41 Å². The van der Waals surface area contributed by atoms with E-state index in [9.17, 15) is 4.91 Å². The molecule has 6 nitrogen and oxygen atoms in total. The third-order valence-electron chi connectivity index (χ3n) is 8.32. The second kappa shape index (κ2) is 11.2. The fourth-order valence-corrected chi connectivity index (χ4v) is 6.29. The van der Waals surface area contributed by atoms with Crippen LogP contribution in [0.2, 0.25) is 0 Å². The molecule has 2 aliphatic heterocycles. The van der Waals surface area contributed by atoms with E-state index in [0.29, 0.717) is 28.9 Å². The van der Waals surface area contributed by atoms with Crippen LogP contribution >= 0.6 is 0 Å². The second-order valence-electron chi connectivity index (χ2n) is 12.4. The predicted octanol–water partition coefficient (Wildman–Crippen LogP) is 6.82.